The standard InChI is InChI=1S/C21H20FN3O3/c1-2-3-18-17(21(26)25(24-18)16-7-5-15(22)6-8-16)12-23-11-14-4-9-19-20(10-14)28-13-27-19/h4-10,12,17H,2-3,11,13H2,1H3/t17-/m1/s1. The first kappa shape index (κ1) is 18.2. The van der Waals surface area contributed by atoms with Crippen LogP contribution in [-0.4, -0.2) is 24.6 Å². The van der Waals surface area contributed by atoms with Gasteiger partial charge >= 0.3 is 0 Å². The Kier molecular flexibility index (Phi) is 5.06. The summed E-state index contributed by atoms with van der Waals surface area (Å²) in [5.74, 6) is 0.407. The Hall–Kier alpha value is -3.22. The molecule has 2 aliphatic rings. The van der Waals surface area contributed by atoms with Gasteiger partial charge in [0.25, 0.3) is 5.91 Å². The number of fused-ring (bicyclic) bond motifs is 1. The van der Waals surface area contributed by atoms with Crippen molar-refractivity contribution in [2.75, 3.05) is 11.8 Å². The maximum absolute atomic E-state index is 13.2. The van der Waals surface area contributed by atoms with E-state index in [1.807, 2.05) is 25.1 Å². The lowest BCUT2D eigenvalue weighted by Gasteiger charge is -2.12. The first-order chi connectivity index (χ1) is 13.7. The van der Waals surface area contributed by atoms with Crippen molar-refractivity contribution in [1.29, 1.82) is 0 Å². The Morgan fingerprint density at radius 3 is 2.79 bits per heavy atom. The van der Waals surface area contributed by atoms with E-state index in [0.717, 1.165) is 23.4 Å². The minimum absolute atomic E-state index is 0.176. The van der Waals surface area contributed by atoms with Gasteiger partial charge in [0.15, 0.2) is 11.5 Å². The van der Waals surface area contributed by atoms with Crippen LogP contribution in [0.25, 0.3) is 0 Å². The molecule has 0 unspecified atom stereocenters. The maximum Gasteiger partial charge on any atom is 0.261 e. The first-order valence-electron chi connectivity index (χ1n) is 9.21. The van der Waals surface area contributed by atoms with Crippen molar-refractivity contribution in [3.05, 3.63) is 53.8 Å². The molecule has 0 saturated carbocycles. The molecule has 0 aliphatic carbocycles. The van der Waals surface area contributed by atoms with Crippen LogP contribution in [-0.2, 0) is 11.3 Å². The van der Waals surface area contributed by atoms with Crippen LogP contribution in [0.5, 0.6) is 11.5 Å². The highest BCUT2D eigenvalue weighted by Gasteiger charge is 2.34. The van der Waals surface area contributed by atoms with Crippen LogP contribution in [0.2, 0.25) is 0 Å². The van der Waals surface area contributed by atoms with Gasteiger partial charge in [0.1, 0.15) is 11.7 Å². The Labute approximate surface area is 162 Å². The molecule has 2 aliphatic heterocycles. The van der Waals surface area contributed by atoms with Gasteiger partial charge in [-0.3, -0.25) is 9.79 Å². The number of ether oxygens (including phenoxy) is 2. The molecule has 4 rings (SSSR count). The monoisotopic (exact) mass is 381 g/mol. The third kappa shape index (κ3) is 3.60. The molecule has 0 bridgehead atoms. The van der Waals surface area contributed by atoms with Gasteiger partial charge in [0.2, 0.25) is 6.79 Å². The van der Waals surface area contributed by atoms with Gasteiger partial charge in [0.05, 0.1) is 17.9 Å². The zero-order chi connectivity index (χ0) is 19.5. The number of hydrogen-bond acceptors (Lipinski definition) is 5. The number of aliphatic imine (C=N–C) groups is 1. The second kappa shape index (κ2) is 7.80. The fourth-order valence-electron chi connectivity index (χ4n) is 3.20. The number of halogens is 1. The van der Waals surface area contributed by atoms with E-state index in [-0.39, 0.29) is 18.5 Å². The van der Waals surface area contributed by atoms with Crippen LogP contribution >= 0.6 is 0 Å². The number of benzene rings is 2. The summed E-state index contributed by atoms with van der Waals surface area (Å²) in [6, 6.07) is 11.4. The van der Waals surface area contributed by atoms with Gasteiger partial charge in [-0.15, -0.1) is 0 Å². The second-order valence-electron chi connectivity index (χ2n) is 6.62. The molecule has 0 spiro atoms. The van der Waals surface area contributed by atoms with Gasteiger partial charge in [-0.05, 0) is 48.4 Å². The molecule has 1 atom stereocenters. The van der Waals surface area contributed by atoms with Crippen LogP contribution < -0.4 is 14.5 Å². The smallest absolute Gasteiger partial charge is 0.261 e. The van der Waals surface area contributed by atoms with Crippen molar-refractivity contribution in [3.63, 3.8) is 0 Å². The van der Waals surface area contributed by atoms with Crippen LogP contribution in [0.15, 0.2) is 52.6 Å². The summed E-state index contributed by atoms with van der Waals surface area (Å²) in [6.07, 6.45) is 3.23. The van der Waals surface area contributed by atoms with Crippen molar-refractivity contribution in [2.45, 2.75) is 26.3 Å². The molecule has 6 nitrogen and oxygen atoms in total. The third-order valence-electron chi connectivity index (χ3n) is 4.60. The molecule has 2 aromatic carbocycles. The summed E-state index contributed by atoms with van der Waals surface area (Å²) in [5, 5.41) is 5.80. The van der Waals surface area contributed by atoms with Crippen molar-refractivity contribution in [1.82, 2.24) is 0 Å². The highest BCUT2D eigenvalue weighted by molar-refractivity contribution is 6.24. The highest BCUT2D eigenvalue weighted by atomic mass is 19.1. The van der Waals surface area contributed by atoms with Gasteiger partial charge < -0.3 is 9.47 Å². The number of rotatable bonds is 6. The van der Waals surface area contributed by atoms with Crippen molar-refractivity contribution < 1.29 is 18.7 Å². The Morgan fingerprint density at radius 1 is 1.21 bits per heavy atom. The van der Waals surface area contributed by atoms with Gasteiger partial charge in [-0.25, -0.2) is 4.39 Å². The van der Waals surface area contributed by atoms with E-state index in [0.29, 0.717) is 24.4 Å². The molecule has 0 saturated heterocycles. The number of carbonyl (C=O) groups is 1. The SMILES string of the molecule is CCCC1=NN(c2ccc(F)cc2)C(=O)[C@@H]1C=NCc1ccc2c(c1)OCO2. The van der Waals surface area contributed by atoms with E-state index < -0.39 is 5.92 Å². The first-order valence-corrected chi connectivity index (χ1v) is 9.21. The molecule has 28 heavy (non-hydrogen) atoms. The van der Waals surface area contributed by atoms with Crippen LogP contribution in [0.1, 0.15) is 25.3 Å². The predicted molar refractivity (Wildman–Crippen MR) is 104 cm³/mol. The molecule has 0 radical (unpaired) electrons. The molecule has 0 aromatic heterocycles. The quantitative estimate of drug-likeness (QED) is 0.712. The normalized spacial score (nSPS) is 18.2. The van der Waals surface area contributed by atoms with E-state index in [1.165, 1.54) is 17.1 Å². The average molecular weight is 381 g/mol. The third-order valence-corrected chi connectivity index (χ3v) is 4.60. The highest BCUT2D eigenvalue weighted by Crippen LogP contribution is 2.32. The molecular formula is C21H20FN3O3. The molecule has 2 aromatic rings. The Morgan fingerprint density at radius 2 is 2.00 bits per heavy atom. The number of hydrazone groups is 1. The van der Waals surface area contributed by atoms with E-state index >= 15 is 0 Å². The topological polar surface area (TPSA) is 63.5 Å². The largest absolute Gasteiger partial charge is 0.454 e. The molecule has 0 fully saturated rings. The molecular weight excluding hydrogens is 361 g/mol. The minimum atomic E-state index is -0.501. The number of amides is 1. The minimum Gasteiger partial charge on any atom is -0.454 e. The molecule has 0 N–H and O–H groups in total. The van der Waals surface area contributed by atoms with Crippen LogP contribution in [0.4, 0.5) is 10.1 Å². The van der Waals surface area contributed by atoms with E-state index in [9.17, 15) is 9.18 Å². The summed E-state index contributed by atoms with van der Waals surface area (Å²) in [4.78, 5) is 17.3. The lowest BCUT2D eigenvalue weighted by Crippen LogP contribution is -2.28. The van der Waals surface area contributed by atoms with Crippen molar-refractivity contribution in [3.8, 4) is 11.5 Å². The molecule has 144 valence electrons. The Balaban J connectivity index is 1.49. The average Bonchev–Trinajstić information content (AvgIpc) is 3.28. The van der Waals surface area contributed by atoms with Gasteiger partial charge in [-0.1, -0.05) is 19.4 Å². The molecule has 1 amide bonds. The summed E-state index contributed by atoms with van der Waals surface area (Å²) < 4.78 is 23.9. The van der Waals surface area contributed by atoms with Crippen molar-refractivity contribution in [2.24, 2.45) is 16.0 Å². The summed E-state index contributed by atoms with van der Waals surface area (Å²) in [6.45, 7) is 2.69. The summed E-state index contributed by atoms with van der Waals surface area (Å²) in [7, 11) is 0. The van der Waals surface area contributed by atoms with E-state index in [4.69, 9.17) is 9.47 Å². The fraction of sp³-hybridized carbons (Fsp3) is 0.286. The van der Waals surface area contributed by atoms with Crippen LogP contribution in [0, 0.1) is 11.7 Å². The van der Waals surface area contributed by atoms with E-state index in [2.05, 4.69) is 10.1 Å². The molecule has 2 heterocycles. The molecule has 7 heteroatoms. The van der Waals surface area contributed by atoms with E-state index in [1.54, 1.807) is 18.3 Å². The fourth-order valence-corrected chi connectivity index (χ4v) is 3.20. The van der Waals surface area contributed by atoms with Crippen molar-refractivity contribution >= 4 is 23.5 Å². The second-order valence-corrected chi connectivity index (χ2v) is 6.62. The number of nitrogens with zero attached hydrogens (tertiary/aromatic N) is 3. The zero-order valence-electron chi connectivity index (χ0n) is 15.5. The van der Waals surface area contributed by atoms with Gasteiger partial charge in [-0.2, -0.15) is 10.1 Å². The number of hydrogen-bond donors (Lipinski definition) is 0. The Bertz CT molecular complexity index is 940. The number of anilines is 1. The van der Waals surface area contributed by atoms with Crippen LogP contribution in [0.3, 0.4) is 0 Å². The summed E-state index contributed by atoms with van der Waals surface area (Å²) >= 11 is 0. The maximum atomic E-state index is 13.2. The summed E-state index contributed by atoms with van der Waals surface area (Å²) in [5.41, 5.74) is 2.29. The lowest BCUT2D eigenvalue weighted by atomic mass is 10.0. The van der Waals surface area contributed by atoms with Gasteiger partial charge in [0, 0.05) is 6.21 Å². The predicted octanol–water partition coefficient (Wildman–Crippen LogP) is 3.94. The lowest BCUT2D eigenvalue weighted by molar-refractivity contribution is -0.118. The number of carbonyl (C=O) groups excluding carboxylic acids is 1. The zero-order valence-corrected chi connectivity index (χ0v) is 15.5.